The maximum atomic E-state index is 12.8. The number of hydrogen-bond donors (Lipinski definition) is 2. The van der Waals surface area contributed by atoms with Gasteiger partial charge in [-0.3, -0.25) is 4.79 Å². The van der Waals surface area contributed by atoms with Gasteiger partial charge in [0, 0.05) is 28.6 Å². The van der Waals surface area contributed by atoms with Crippen molar-refractivity contribution in [2.24, 2.45) is 0 Å². The Morgan fingerprint density at radius 2 is 1.76 bits per heavy atom. The Morgan fingerprint density at radius 1 is 0.931 bits per heavy atom. The van der Waals surface area contributed by atoms with Crippen LogP contribution in [0.1, 0.15) is 21.5 Å². The van der Waals surface area contributed by atoms with Crippen molar-refractivity contribution in [1.82, 2.24) is 10.2 Å². The molecule has 0 bridgehead atoms. The molecule has 2 N–H and O–H groups in total. The summed E-state index contributed by atoms with van der Waals surface area (Å²) in [5.41, 5.74) is 2.71. The zero-order valence-corrected chi connectivity index (χ0v) is 15.6. The molecule has 0 saturated heterocycles. The molecule has 0 aliphatic heterocycles. The topological polar surface area (TPSA) is 66.9 Å². The molecule has 0 radical (unpaired) electrons. The first-order chi connectivity index (χ1) is 14.2. The lowest BCUT2D eigenvalue weighted by Gasteiger charge is -2.10. The van der Waals surface area contributed by atoms with Crippen LogP contribution in [0.4, 0.5) is 15.9 Å². The highest BCUT2D eigenvalue weighted by Gasteiger charge is 2.10. The van der Waals surface area contributed by atoms with Crippen LogP contribution in [-0.4, -0.2) is 16.1 Å². The molecular weight excluding hydrogens is 367 g/mol. The number of hydrogen-bond acceptors (Lipinski definition) is 4. The first kappa shape index (κ1) is 18.6. The second-order valence-corrected chi connectivity index (χ2v) is 6.62. The Hall–Kier alpha value is -3.80. The molecule has 1 amide bonds. The molecule has 0 unspecified atom stereocenters. The fraction of sp³-hybridized carbons (Fsp3) is 0.0870. The van der Waals surface area contributed by atoms with Gasteiger partial charge in [-0.2, -0.15) is 5.10 Å². The van der Waals surface area contributed by atoms with Crippen molar-refractivity contribution >= 4 is 28.2 Å². The monoisotopic (exact) mass is 386 g/mol. The largest absolute Gasteiger partial charge is 0.364 e. The van der Waals surface area contributed by atoms with Crippen LogP contribution < -0.4 is 10.6 Å². The maximum Gasteiger partial charge on any atom is 0.255 e. The third kappa shape index (κ3) is 4.38. The zero-order valence-electron chi connectivity index (χ0n) is 15.6. The van der Waals surface area contributed by atoms with Gasteiger partial charge in [0.05, 0.1) is 6.20 Å². The zero-order chi connectivity index (χ0) is 20.1. The number of alkyl halides is 1. The lowest BCUT2D eigenvalue weighted by Crippen LogP contribution is -2.12. The Bertz CT molecular complexity index is 1150. The number of amides is 1. The molecule has 5 nitrogen and oxygen atoms in total. The Labute approximate surface area is 167 Å². The van der Waals surface area contributed by atoms with Crippen molar-refractivity contribution in [3.63, 3.8) is 0 Å². The normalized spacial score (nSPS) is 10.7. The van der Waals surface area contributed by atoms with E-state index < -0.39 is 6.67 Å². The van der Waals surface area contributed by atoms with E-state index in [1.165, 1.54) is 0 Å². The highest BCUT2D eigenvalue weighted by Crippen LogP contribution is 2.22. The molecule has 3 aromatic carbocycles. The number of carbonyl (C=O) groups excluding carboxylic acids is 1. The van der Waals surface area contributed by atoms with Crippen LogP contribution >= 0.6 is 0 Å². The molecule has 0 aliphatic carbocycles. The quantitative estimate of drug-likeness (QED) is 0.491. The van der Waals surface area contributed by atoms with Crippen molar-refractivity contribution in [3.05, 3.63) is 95.7 Å². The minimum atomic E-state index is -0.572. The average molecular weight is 386 g/mol. The van der Waals surface area contributed by atoms with Crippen molar-refractivity contribution in [1.29, 1.82) is 0 Å². The van der Waals surface area contributed by atoms with E-state index >= 15 is 0 Å². The number of anilines is 2. The van der Waals surface area contributed by atoms with Gasteiger partial charge in [-0.05, 0) is 41.5 Å². The van der Waals surface area contributed by atoms with Crippen molar-refractivity contribution in [2.75, 3.05) is 10.6 Å². The molecular formula is C23H19FN4O. The minimum absolute atomic E-state index is 0.265. The SMILES string of the molecule is O=C(Nc1cccc(CF)c1)c1ccc2c(NCc3ccccc3)nncc2c1. The van der Waals surface area contributed by atoms with Gasteiger partial charge in [-0.15, -0.1) is 5.10 Å². The van der Waals surface area contributed by atoms with Crippen molar-refractivity contribution < 1.29 is 9.18 Å². The molecule has 0 atom stereocenters. The molecule has 29 heavy (non-hydrogen) atoms. The van der Waals surface area contributed by atoms with E-state index in [1.807, 2.05) is 36.4 Å². The van der Waals surface area contributed by atoms with Crippen LogP contribution in [0.15, 0.2) is 79.0 Å². The summed E-state index contributed by atoms with van der Waals surface area (Å²) in [5, 5.41) is 16.0. The van der Waals surface area contributed by atoms with E-state index in [0.717, 1.165) is 16.3 Å². The van der Waals surface area contributed by atoms with Gasteiger partial charge >= 0.3 is 0 Å². The molecule has 4 rings (SSSR count). The van der Waals surface area contributed by atoms with Gasteiger partial charge in [0.15, 0.2) is 5.82 Å². The molecule has 0 fully saturated rings. The lowest BCUT2D eigenvalue weighted by molar-refractivity contribution is 0.102. The summed E-state index contributed by atoms with van der Waals surface area (Å²) in [4.78, 5) is 12.6. The van der Waals surface area contributed by atoms with Gasteiger partial charge in [-0.25, -0.2) is 4.39 Å². The van der Waals surface area contributed by atoms with Gasteiger partial charge in [0.2, 0.25) is 0 Å². The Morgan fingerprint density at radius 3 is 2.59 bits per heavy atom. The van der Waals surface area contributed by atoms with E-state index in [2.05, 4.69) is 20.8 Å². The summed E-state index contributed by atoms with van der Waals surface area (Å²) in [6, 6.07) is 22.1. The fourth-order valence-electron chi connectivity index (χ4n) is 3.08. The third-order valence-electron chi connectivity index (χ3n) is 4.57. The number of aromatic nitrogens is 2. The van der Waals surface area contributed by atoms with Gasteiger partial charge in [-0.1, -0.05) is 42.5 Å². The van der Waals surface area contributed by atoms with Crippen LogP contribution in [0.5, 0.6) is 0 Å². The fourth-order valence-corrected chi connectivity index (χ4v) is 3.08. The maximum absolute atomic E-state index is 12.8. The van der Waals surface area contributed by atoms with E-state index in [-0.39, 0.29) is 5.91 Å². The van der Waals surface area contributed by atoms with Crippen LogP contribution in [0.2, 0.25) is 0 Å². The number of benzene rings is 3. The van der Waals surface area contributed by atoms with Crippen LogP contribution in [0, 0.1) is 0 Å². The van der Waals surface area contributed by atoms with E-state index in [1.54, 1.807) is 42.6 Å². The predicted molar refractivity (Wildman–Crippen MR) is 113 cm³/mol. The number of fused-ring (bicyclic) bond motifs is 1. The summed E-state index contributed by atoms with van der Waals surface area (Å²) < 4.78 is 12.8. The highest BCUT2D eigenvalue weighted by molar-refractivity contribution is 6.07. The first-order valence-electron chi connectivity index (χ1n) is 9.22. The number of nitrogens with one attached hydrogen (secondary N) is 2. The molecule has 6 heteroatoms. The average Bonchev–Trinajstić information content (AvgIpc) is 2.78. The summed E-state index contributed by atoms with van der Waals surface area (Å²) in [7, 11) is 0. The Kier molecular flexibility index (Phi) is 5.42. The lowest BCUT2D eigenvalue weighted by atomic mass is 10.1. The number of carbonyl (C=O) groups is 1. The molecule has 1 heterocycles. The number of rotatable bonds is 6. The standard InChI is InChI=1S/C23H19FN4O/c24-13-17-7-4-8-20(11-17)27-23(29)18-9-10-21-19(12-18)15-26-28-22(21)25-14-16-5-2-1-3-6-16/h1-12,15H,13-14H2,(H,25,28)(H,27,29). The summed E-state index contributed by atoms with van der Waals surface area (Å²) in [6.45, 7) is 0.0545. The van der Waals surface area contributed by atoms with Crippen molar-refractivity contribution in [3.8, 4) is 0 Å². The van der Waals surface area contributed by atoms with E-state index in [0.29, 0.717) is 29.2 Å². The molecule has 0 saturated carbocycles. The predicted octanol–water partition coefficient (Wildman–Crippen LogP) is 4.96. The summed E-state index contributed by atoms with van der Waals surface area (Å²) in [6.07, 6.45) is 1.63. The Balaban J connectivity index is 1.54. The van der Waals surface area contributed by atoms with E-state index in [4.69, 9.17) is 0 Å². The highest BCUT2D eigenvalue weighted by atomic mass is 19.1. The van der Waals surface area contributed by atoms with Crippen LogP contribution in [-0.2, 0) is 13.2 Å². The smallest absolute Gasteiger partial charge is 0.255 e. The van der Waals surface area contributed by atoms with Gasteiger partial charge in [0.25, 0.3) is 5.91 Å². The number of nitrogens with zero attached hydrogens (tertiary/aromatic N) is 2. The second-order valence-electron chi connectivity index (χ2n) is 6.62. The van der Waals surface area contributed by atoms with Gasteiger partial charge in [0.1, 0.15) is 6.67 Å². The molecule has 144 valence electrons. The first-order valence-corrected chi connectivity index (χ1v) is 9.22. The molecule has 1 aromatic heterocycles. The van der Waals surface area contributed by atoms with Crippen LogP contribution in [0.3, 0.4) is 0 Å². The molecule has 0 spiro atoms. The van der Waals surface area contributed by atoms with Crippen molar-refractivity contribution in [2.45, 2.75) is 13.2 Å². The summed E-state index contributed by atoms with van der Waals surface area (Å²) in [5.74, 6) is 0.396. The van der Waals surface area contributed by atoms with Gasteiger partial charge < -0.3 is 10.6 Å². The minimum Gasteiger partial charge on any atom is -0.364 e. The third-order valence-corrected chi connectivity index (χ3v) is 4.57. The second kappa shape index (κ2) is 8.48. The van der Waals surface area contributed by atoms with Crippen LogP contribution in [0.25, 0.3) is 10.8 Å². The van der Waals surface area contributed by atoms with E-state index in [9.17, 15) is 9.18 Å². The number of halogens is 1. The molecule has 0 aliphatic rings. The molecule has 4 aromatic rings. The summed E-state index contributed by atoms with van der Waals surface area (Å²) >= 11 is 0.